The number of hydrogen-bond donors (Lipinski definition) is 2. The molecular weight excluding hydrogens is 254 g/mol. The van der Waals surface area contributed by atoms with Crippen molar-refractivity contribution in [3.05, 3.63) is 34.9 Å². The molecule has 0 saturated heterocycles. The highest BCUT2D eigenvalue weighted by atomic mass is 35.5. The van der Waals surface area contributed by atoms with Crippen LogP contribution in [0.2, 0.25) is 5.02 Å². The summed E-state index contributed by atoms with van der Waals surface area (Å²) in [4.78, 5) is 22.7. The largest absolute Gasteiger partial charge is 0.341 e. The number of hydrogen-bond acceptors (Lipinski definition) is 3. The van der Waals surface area contributed by atoms with Gasteiger partial charge in [-0.3, -0.25) is 9.59 Å². The fourth-order valence-corrected chi connectivity index (χ4v) is 1.42. The maximum atomic E-state index is 11.4. The molecule has 0 heterocycles. The Labute approximate surface area is 110 Å². The first kappa shape index (κ1) is 14.0. The number of benzene rings is 1. The Bertz CT molecular complexity index is 479. The van der Waals surface area contributed by atoms with E-state index in [4.69, 9.17) is 16.9 Å². The van der Waals surface area contributed by atoms with Crippen molar-refractivity contribution in [3.8, 4) is 6.07 Å². The van der Waals surface area contributed by atoms with Crippen LogP contribution < -0.4 is 10.6 Å². The summed E-state index contributed by atoms with van der Waals surface area (Å²) in [5, 5.41) is 13.6. The lowest BCUT2D eigenvalue weighted by Crippen LogP contribution is -2.41. The van der Waals surface area contributed by atoms with Gasteiger partial charge in [0.1, 0.15) is 6.54 Å². The Morgan fingerprint density at radius 3 is 2.50 bits per heavy atom. The Kier molecular flexibility index (Phi) is 5.15. The van der Waals surface area contributed by atoms with E-state index in [9.17, 15) is 9.59 Å². The monoisotopic (exact) mass is 265 g/mol. The van der Waals surface area contributed by atoms with Gasteiger partial charge in [-0.25, -0.2) is 0 Å². The van der Waals surface area contributed by atoms with E-state index < -0.39 is 11.8 Å². The van der Waals surface area contributed by atoms with Crippen LogP contribution in [0, 0.1) is 11.3 Å². The molecule has 0 radical (unpaired) electrons. The zero-order chi connectivity index (χ0) is 13.5. The Hall–Kier alpha value is -2.06. The van der Waals surface area contributed by atoms with Gasteiger partial charge in [0.15, 0.2) is 0 Å². The molecule has 18 heavy (non-hydrogen) atoms. The molecule has 0 fully saturated rings. The molecule has 2 N–H and O–H groups in total. The lowest BCUT2D eigenvalue weighted by Gasteiger charge is -2.13. The molecule has 1 rings (SSSR count). The number of carbonyl (C=O) groups excluding carboxylic acids is 2. The fraction of sp³-hybridized carbons (Fsp3) is 0.250. The predicted molar refractivity (Wildman–Crippen MR) is 66.6 cm³/mol. The molecular formula is C12H12ClN3O2. The van der Waals surface area contributed by atoms with Crippen molar-refractivity contribution in [2.24, 2.45) is 0 Å². The van der Waals surface area contributed by atoms with E-state index in [2.05, 4.69) is 10.6 Å². The van der Waals surface area contributed by atoms with Crippen LogP contribution in [0.15, 0.2) is 24.3 Å². The Balaban J connectivity index is 2.57. The van der Waals surface area contributed by atoms with Gasteiger partial charge in [-0.15, -0.1) is 0 Å². The Morgan fingerprint density at radius 1 is 1.33 bits per heavy atom. The minimum atomic E-state index is -0.822. The van der Waals surface area contributed by atoms with E-state index >= 15 is 0 Å². The summed E-state index contributed by atoms with van der Waals surface area (Å²) in [6, 6.07) is 8.34. The summed E-state index contributed by atoms with van der Waals surface area (Å²) in [5.74, 6) is -1.59. The van der Waals surface area contributed by atoms with Gasteiger partial charge in [-0.1, -0.05) is 23.7 Å². The van der Waals surface area contributed by atoms with Crippen LogP contribution in [0.3, 0.4) is 0 Å². The molecule has 1 aromatic carbocycles. The topological polar surface area (TPSA) is 82.0 Å². The summed E-state index contributed by atoms with van der Waals surface area (Å²) in [6.07, 6.45) is 0. The number of nitriles is 1. The first-order valence-corrected chi connectivity index (χ1v) is 5.63. The summed E-state index contributed by atoms with van der Waals surface area (Å²) in [6.45, 7) is 1.56. The van der Waals surface area contributed by atoms with Crippen molar-refractivity contribution in [2.75, 3.05) is 6.54 Å². The molecule has 0 saturated carbocycles. The second-order valence-corrected chi connectivity index (χ2v) is 4.02. The molecule has 0 aliphatic heterocycles. The molecule has 0 aliphatic carbocycles. The Morgan fingerprint density at radius 2 is 1.94 bits per heavy atom. The molecule has 0 bridgehead atoms. The molecule has 2 amide bonds. The van der Waals surface area contributed by atoms with Crippen LogP contribution >= 0.6 is 11.6 Å². The van der Waals surface area contributed by atoms with Gasteiger partial charge in [0.05, 0.1) is 12.1 Å². The van der Waals surface area contributed by atoms with Crippen LogP contribution in [0.4, 0.5) is 0 Å². The smallest absolute Gasteiger partial charge is 0.310 e. The van der Waals surface area contributed by atoms with Crippen molar-refractivity contribution < 1.29 is 9.59 Å². The number of carbonyl (C=O) groups is 2. The predicted octanol–water partition coefficient (Wildman–Crippen LogP) is 1.16. The molecule has 1 atom stereocenters. The van der Waals surface area contributed by atoms with Gasteiger partial charge >= 0.3 is 11.8 Å². The van der Waals surface area contributed by atoms with Gasteiger partial charge in [0.25, 0.3) is 0 Å². The normalized spacial score (nSPS) is 11.2. The summed E-state index contributed by atoms with van der Waals surface area (Å²) in [7, 11) is 0. The van der Waals surface area contributed by atoms with E-state index in [1.165, 1.54) is 0 Å². The van der Waals surface area contributed by atoms with E-state index in [0.717, 1.165) is 5.56 Å². The van der Waals surface area contributed by atoms with Crippen LogP contribution in [0.25, 0.3) is 0 Å². The number of rotatable bonds is 3. The van der Waals surface area contributed by atoms with Gasteiger partial charge in [0, 0.05) is 5.02 Å². The minimum absolute atomic E-state index is 0.193. The van der Waals surface area contributed by atoms with E-state index in [0.29, 0.717) is 5.02 Å². The van der Waals surface area contributed by atoms with E-state index in [1.807, 2.05) is 0 Å². The number of halogens is 1. The molecule has 0 aliphatic rings. The second-order valence-electron chi connectivity index (χ2n) is 3.59. The quantitative estimate of drug-likeness (QED) is 0.635. The zero-order valence-electron chi connectivity index (χ0n) is 9.74. The first-order chi connectivity index (χ1) is 8.54. The molecule has 1 unspecified atom stereocenters. The molecule has 0 spiro atoms. The lowest BCUT2D eigenvalue weighted by molar-refractivity contribution is -0.139. The molecule has 94 valence electrons. The van der Waals surface area contributed by atoms with Crippen molar-refractivity contribution >= 4 is 23.4 Å². The molecule has 0 aromatic heterocycles. The van der Waals surface area contributed by atoms with Crippen molar-refractivity contribution in [2.45, 2.75) is 13.0 Å². The van der Waals surface area contributed by atoms with Gasteiger partial charge in [-0.05, 0) is 24.6 Å². The first-order valence-electron chi connectivity index (χ1n) is 5.25. The van der Waals surface area contributed by atoms with Crippen LogP contribution in [-0.2, 0) is 9.59 Å². The summed E-state index contributed by atoms with van der Waals surface area (Å²) in [5.41, 5.74) is 0.834. The van der Waals surface area contributed by atoms with Gasteiger partial charge < -0.3 is 10.6 Å². The van der Waals surface area contributed by atoms with Crippen LogP contribution in [-0.4, -0.2) is 18.4 Å². The van der Waals surface area contributed by atoms with E-state index in [-0.39, 0.29) is 12.6 Å². The fourth-order valence-electron chi connectivity index (χ4n) is 1.30. The van der Waals surface area contributed by atoms with E-state index in [1.54, 1.807) is 37.3 Å². The van der Waals surface area contributed by atoms with Crippen molar-refractivity contribution in [3.63, 3.8) is 0 Å². The highest BCUT2D eigenvalue weighted by Gasteiger charge is 2.16. The average Bonchev–Trinajstić information content (AvgIpc) is 2.36. The number of amides is 2. The molecule has 5 nitrogen and oxygen atoms in total. The minimum Gasteiger partial charge on any atom is -0.341 e. The zero-order valence-corrected chi connectivity index (χ0v) is 10.5. The van der Waals surface area contributed by atoms with Crippen molar-refractivity contribution in [1.82, 2.24) is 10.6 Å². The molecule has 6 heteroatoms. The number of nitrogens with zero attached hydrogens (tertiary/aromatic N) is 1. The lowest BCUT2D eigenvalue weighted by atomic mass is 10.1. The summed E-state index contributed by atoms with van der Waals surface area (Å²) < 4.78 is 0. The summed E-state index contributed by atoms with van der Waals surface area (Å²) >= 11 is 5.75. The second kappa shape index (κ2) is 6.62. The third-order valence-electron chi connectivity index (χ3n) is 2.25. The maximum absolute atomic E-state index is 11.4. The number of nitrogens with one attached hydrogen (secondary N) is 2. The highest BCUT2D eigenvalue weighted by molar-refractivity contribution is 6.35. The standard InChI is InChI=1S/C12H12ClN3O2/c1-8(9-2-4-10(13)5-3-9)16-12(18)11(17)15-7-6-14/h2-5,8H,7H2,1H3,(H,15,17)(H,16,18). The van der Waals surface area contributed by atoms with Crippen LogP contribution in [0.1, 0.15) is 18.5 Å². The van der Waals surface area contributed by atoms with Crippen molar-refractivity contribution in [1.29, 1.82) is 5.26 Å². The van der Waals surface area contributed by atoms with Gasteiger partial charge in [-0.2, -0.15) is 5.26 Å². The highest BCUT2D eigenvalue weighted by Crippen LogP contribution is 2.15. The van der Waals surface area contributed by atoms with Gasteiger partial charge in [0.2, 0.25) is 0 Å². The SMILES string of the molecule is CC(NC(=O)C(=O)NCC#N)c1ccc(Cl)cc1. The third kappa shape index (κ3) is 4.07. The maximum Gasteiger partial charge on any atom is 0.310 e. The van der Waals surface area contributed by atoms with Crippen LogP contribution in [0.5, 0.6) is 0 Å². The third-order valence-corrected chi connectivity index (χ3v) is 2.50. The average molecular weight is 266 g/mol. The molecule has 1 aromatic rings.